The molecule has 0 radical (unpaired) electrons. The SMILES string of the molecule is CS(=O)(=O)OS(c1ccccc1)(c1ccccc1)c1ccccc1.CS(=O)(=O)OS(c1ccccc1)(c1ccccc1)c1ccccc1.CS(=O)(=O)OS(c1ccccc1)(c1ccccc1)c1ccccc1.FS(c1ccccc1)(c1ccccc1)c1ccccc1. The van der Waals surface area contributed by atoms with E-state index in [-0.39, 0.29) is 0 Å². The predicted molar refractivity (Wildman–Crippen MR) is 376 cm³/mol. The fourth-order valence-electron chi connectivity index (χ4n) is 9.88. The van der Waals surface area contributed by atoms with E-state index in [1.165, 1.54) is 0 Å². The van der Waals surface area contributed by atoms with Gasteiger partial charge in [-0.1, -0.05) is 218 Å². The van der Waals surface area contributed by atoms with Crippen molar-refractivity contribution in [2.45, 2.75) is 58.7 Å². The van der Waals surface area contributed by atoms with Crippen molar-refractivity contribution in [3.8, 4) is 0 Å². The van der Waals surface area contributed by atoms with Crippen molar-refractivity contribution in [1.82, 2.24) is 0 Å². The summed E-state index contributed by atoms with van der Waals surface area (Å²) in [6, 6.07) is 114. The normalized spacial score (nSPS) is 12.6. The molecule has 0 fully saturated rings. The second-order valence-corrected chi connectivity index (χ2v) is 36.2. The molecule has 92 heavy (non-hydrogen) atoms. The molecule has 0 aliphatic carbocycles. The van der Waals surface area contributed by atoms with Crippen LogP contribution >= 0.6 is 41.3 Å². The van der Waals surface area contributed by atoms with E-state index in [0.717, 1.165) is 77.5 Å². The molecule has 0 atom stereocenters. The van der Waals surface area contributed by atoms with Crippen LogP contribution in [0.4, 0.5) is 3.89 Å². The van der Waals surface area contributed by atoms with E-state index in [1.807, 2.05) is 364 Å². The van der Waals surface area contributed by atoms with Crippen LogP contribution in [-0.2, 0) is 41.2 Å². The maximum absolute atomic E-state index is 16.1. The number of halogens is 1. The second-order valence-electron chi connectivity index (χ2n) is 20.3. The lowest BCUT2D eigenvalue weighted by molar-refractivity contribution is 0.513. The Kier molecular flexibility index (Phi) is 23.2. The van der Waals surface area contributed by atoms with Crippen molar-refractivity contribution in [3.05, 3.63) is 364 Å². The van der Waals surface area contributed by atoms with Crippen LogP contribution in [0.1, 0.15) is 0 Å². The van der Waals surface area contributed by atoms with Gasteiger partial charge in [0.1, 0.15) is 0 Å². The fourth-order valence-corrected chi connectivity index (χ4v) is 26.9. The molecule has 12 aromatic carbocycles. The van der Waals surface area contributed by atoms with Crippen LogP contribution in [0, 0.1) is 0 Å². The molecule has 0 unspecified atom stereocenters. The largest absolute Gasteiger partial charge is 0.274 e. The van der Waals surface area contributed by atoms with Crippen LogP contribution in [0.3, 0.4) is 0 Å². The molecule has 0 saturated carbocycles. The molecule has 472 valence electrons. The maximum atomic E-state index is 16.1. The Hall–Kier alpha value is -8.30. The number of rotatable bonds is 18. The number of hydrogen-bond donors (Lipinski definition) is 0. The summed E-state index contributed by atoms with van der Waals surface area (Å²) in [5, 5.41) is 0. The third-order valence-corrected chi connectivity index (χ3v) is 30.2. The van der Waals surface area contributed by atoms with Gasteiger partial charge in [0.15, 0.2) is 0 Å². The minimum Gasteiger partial charge on any atom is -0.207 e. The van der Waals surface area contributed by atoms with Gasteiger partial charge >= 0.3 is 0 Å². The highest BCUT2D eigenvalue weighted by atomic mass is 32.3. The van der Waals surface area contributed by atoms with Crippen molar-refractivity contribution in [2.24, 2.45) is 0 Å². The van der Waals surface area contributed by atoms with Gasteiger partial charge < -0.3 is 0 Å². The molecule has 0 spiro atoms. The zero-order valence-corrected chi connectivity index (χ0v) is 56.3. The summed E-state index contributed by atoms with van der Waals surface area (Å²) in [6.45, 7) is 0. The first kappa shape index (κ1) is 68.1. The Balaban J connectivity index is 0.000000145. The van der Waals surface area contributed by atoms with Gasteiger partial charge in [-0.2, -0.15) is 29.1 Å². The van der Waals surface area contributed by atoms with Crippen LogP contribution in [0.15, 0.2) is 423 Å². The first-order valence-electron chi connectivity index (χ1n) is 28.8. The molecule has 0 aliphatic heterocycles. The van der Waals surface area contributed by atoms with Crippen LogP contribution in [0.25, 0.3) is 0 Å². The lowest BCUT2D eigenvalue weighted by atomic mass is 10.4. The molecule has 12 rings (SSSR count). The monoisotopic (exact) mass is 1360 g/mol. The van der Waals surface area contributed by atoms with Gasteiger partial charge in [-0.15, -0.1) is 0 Å². The lowest BCUT2D eigenvalue weighted by Crippen LogP contribution is -2.12. The molecule has 0 N–H and O–H groups in total. The van der Waals surface area contributed by atoms with E-state index in [4.69, 9.17) is 10.9 Å². The number of benzene rings is 12. The Labute approximate surface area is 548 Å². The molecule has 0 amide bonds. The van der Waals surface area contributed by atoms with Crippen molar-refractivity contribution in [3.63, 3.8) is 0 Å². The average molecular weight is 1360 g/mol. The Morgan fingerprint density at radius 2 is 0.283 bits per heavy atom. The summed E-state index contributed by atoms with van der Waals surface area (Å²) in [4.78, 5) is 9.77. The molecule has 12 aromatic rings. The van der Waals surface area contributed by atoms with Crippen molar-refractivity contribution >= 4 is 71.7 Å². The van der Waals surface area contributed by atoms with Crippen LogP contribution in [0.5, 0.6) is 0 Å². The standard InChI is InChI=1S/3C19H18O3S2.C18H15FS/c3*1-23(20,21)22-24(17-11-5-2-6-12-17,18-13-7-3-8-14-18)19-15-9-4-10-16-19;19-20(16-10-4-1-5-11-16,17-12-6-2-7-13-17)18-14-8-3-9-15-18/h3*2-16H,1H3;1-15H. The summed E-state index contributed by atoms with van der Waals surface area (Å²) < 4.78 is 107. The summed E-state index contributed by atoms with van der Waals surface area (Å²) in [6.07, 6.45) is 3.30. The van der Waals surface area contributed by atoms with Gasteiger partial charge in [-0.05, 0) is 187 Å². The van der Waals surface area contributed by atoms with Gasteiger partial charge in [0.2, 0.25) is 0 Å². The summed E-state index contributed by atoms with van der Waals surface area (Å²) >= 11 is 0. The Morgan fingerprint density at radius 3 is 0.380 bits per heavy atom. The van der Waals surface area contributed by atoms with E-state index >= 15 is 3.89 Å². The minimum absolute atomic E-state index is 0.734. The first-order valence-corrected chi connectivity index (χ1v) is 40.4. The smallest absolute Gasteiger partial charge is 0.207 e. The van der Waals surface area contributed by atoms with Crippen LogP contribution < -0.4 is 0 Å². The highest BCUT2D eigenvalue weighted by Gasteiger charge is 2.39. The topological polar surface area (TPSA) is 130 Å². The quantitative estimate of drug-likeness (QED) is 0.0824. The zero-order valence-electron chi connectivity index (χ0n) is 50.6. The van der Waals surface area contributed by atoms with Gasteiger partial charge in [0.05, 0.1) is 18.8 Å². The zero-order chi connectivity index (χ0) is 65.0. The molecular formula is C75H69FO9S7. The van der Waals surface area contributed by atoms with Crippen molar-refractivity contribution in [2.75, 3.05) is 18.8 Å². The number of hydrogen-bond acceptors (Lipinski definition) is 9. The van der Waals surface area contributed by atoms with Gasteiger partial charge in [-0.25, -0.2) is 10.9 Å². The van der Waals surface area contributed by atoms with Crippen molar-refractivity contribution in [1.29, 1.82) is 0 Å². The Morgan fingerprint density at radius 1 is 0.185 bits per heavy atom. The van der Waals surface area contributed by atoms with E-state index in [0.29, 0.717) is 0 Å². The third-order valence-electron chi connectivity index (χ3n) is 13.6. The first-order chi connectivity index (χ1) is 44.4. The fraction of sp³-hybridized carbons (Fsp3) is 0.0400. The third kappa shape index (κ3) is 16.8. The predicted octanol–water partition coefficient (Wildman–Crippen LogP) is 20.4. The average Bonchev–Trinajstić information content (AvgIpc) is 0.786. The van der Waals surface area contributed by atoms with E-state index in [2.05, 4.69) is 0 Å². The van der Waals surface area contributed by atoms with Crippen LogP contribution in [-0.4, -0.2) is 44.0 Å². The molecule has 0 bridgehead atoms. The van der Waals surface area contributed by atoms with Crippen LogP contribution in [0.2, 0.25) is 0 Å². The molecule has 0 aromatic heterocycles. The van der Waals surface area contributed by atoms with E-state index in [1.54, 1.807) is 0 Å². The Bertz CT molecular complexity index is 3780. The highest BCUT2D eigenvalue weighted by Crippen LogP contribution is 2.73. The van der Waals surface area contributed by atoms with Gasteiger partial charge in [-0.3, -0.25) is 0 Å². The molecular weight excluding hydrogens is 1290 g/mol. The van der Waals surface area contributed by atoms with E-state index in [9.17, 15) is 25.3 Å². The molecule has 0 saturated heterocycles. The highest BCUT2D eigenvalue weighted by molar-refractivity contribution is 8.34. The van der Waals surface area contributed by atoms with Gasteiger partial charge in [0.25, 0.3) is 30.4 Å². The summed E-state index contributed by atoms with van der Waals surface area (Å²) in [7, 11) is -20.9. The second kappa shape index (κ2) is 31.3. The minimum atomic E-state index is -3.69. The molecule has 9 nitrogen and oxygen atoms in total. The van der Waals surface area contributed by atoms with E-state index < -0.39 is 71.7 Å². The summed E-state index contributed by atoms with van der Waals surface area (Å²) in [5.41, 5.74) is 0. The molecule has 0 aliphatic rings. The van der Waals surface area contributed by atoms with Gasteiger partial charge in [0, 0.05) is 58.7 Å². The van der Waals surface area contributed by atoms with Crippen molar-refractivity contribution < 1.29 is 40.0 Å². The molecule has 17 heteroatoms. The molecule has 0 heterocycles. The lowest BCUT2D eigenvalue weighted by Gasteiger charge is -2.38. The summed E-state index contributed by atoms with van der Waals surface area (Å²) in [5.74, 6) is 0. The maximum Gasteiger partial charge on any atom is 0.274 e.